The van der Waals surface area contributed by atoms with Crippen molar-refractivity contribution in [2.75, 3.05) is 26.2 Å². The maximum atomic E-state index is 13.7. The van der Waals surface area contributed by atoms with Crippen molar-refractivity contribution in [1.82, 2.24) is 14.7 Å². The van der Waals surface area contributed by atoms with Crippen molar-refractivity contribution in [3.63, 3.8) is 0 Å². The Balaban J connectivity index is 1.39. The molecule has 5 rings (SSSR count). The van der Waals surface area contributed by atoms with Gasteiger partial charge in [0, 0.05) is 31.7 Å². The number of rotatable bonds is 5. The lowest BCUT2D eigenvalue weighted by Crippen LogP contribution is -2.68. The van der Waals surface area contributed by atoms with Gasteiger partial charge in [0.05, 0.1) is 22.5 Å². The van der Waals surface area contributed by atoms with Gasteiger partial charge in [0.1, 0.15) is 5.82 Å². The summed E-state index contributed by atoms with van der Waals surface area (Å²) >= 11 is 12.3. The van der Waals surface area contributed by atoms with Crippen molar-refractivity contribution in [2.24, 2.45) is 0 Å². The Morgan fingerprint density at radius 1 is 0.853 bits per heavy atom. The van der Waals surface area contributed by atoms with Crippen molar-refractivity contribution in [3.8, 4) is 0 Å². The van der Waals surface area contributed by atoms with E-state index in [-0.39, 0.29) is 17.8 Å². The molecule has 0 aromatic heterocycles. The normalized spacial score (nSPS) is 26.0. The minimum Gasteiger partial charge on any atom is -0.335 e. The van der Waals surface area contributed by atoms with Crippen LogP contribution in [0.4, 0.5) is 4.39 Å². The number of halogens is 3. The molecule has 34 heavy (non-hydrogen) atoms. The van der Waals surface area contributed by atoms with E-state index in [0.717, 1.165) is 50.1 Å². The molecule has 0 radical (unpaired) electrons. The largest absolute Gasteiger partial charge is 0.335 e. The first-order valence-electron chi connectivity index (χ1n) is 12.5. The number of benzene rings is 2. The molecule has 0 N–H and O–H groups in total. The molecule has 1 amide bonds. The average Bonchev–Trinajstić information content (AvgIpc) is 3.37. The van der Waals surface area contributed by atoms with Gasteiger partial charge in [-0.15, -0.1) is 0 Å². The van der Waals surface area contributed by atoms with Crippen LogP contribution in [-0.4, -0.2) is 64.9 Å². The lowest BCUT2D eigenvalue weighted by Gasteiger charge is -2.55. The third kappa shape index (κ3) is 5.13. The lowest BCUT2D eigenvalue weighted by molar-refractivity contribution is -0.143. The standard InChI is InChI=1S/C27H32Cl2FN3O/c28-22-11-8-20(16-23(22)29)17-26(34)33-15-14-32(18-19-6-9-21(30)10-7-19)25-5-3-4-24(27(25)33)31-12-1-2-13-31/h6-11,16,24-25,27H,1-5,12-15,17-18H2/t24-,25-,27+/m0/s1. The number of likely N-dealkylation sites (tertiary alicyclic amines) is 1. The Labute approximate surface area is 211 Å². The second-order valence-corrected chi connectivity index (χ2v) is 10.7. The van der Waals surface area contributed by atoms with E-state index in [1.54, 1.807) is 6.07 Å². The summed E-state index contributed by atoms with van der Waals surface area (Å²) in [5, 5.41) is 0.996. The van der Waals surface area contributed by atoms with Crippen LogP contribution in [0.25, 0.3) is 0 Å². The predicted octanol–water partition coefficient (Wildman–Crippen LogP) is 5.40. The number of hydrogen-bond acceptors (Lipinski definition) is 3. The van der Waals surface area contributed by atoms with E-state index >= 15 is 0 Å². The maximum Gasteiger partial charge on any atom is 0.227 e. The molecule has 1 saturated carbocycles. The van der Waals surface area contributed by atoms with Crippen LogP contribution in [0.5, 0.6) is 0 Å². The zero-order valence-electron chi connectivity index (χ0n) is 19.4. The van der Waals surface area contributed by atoms with E-state index in [0.29, 0.717) is 35.1 Å². The van der Waals surface area contributed by atoms with Gasteiger partial charge in [-0.3, -0.25) is 14.6 Å². The predicted molar refractivity (Wildman–Crippen MR) is 135 cm³/mol. The fraction of sp³-hybridized carbons (Fsp3) is 0.519. The van der Waals surface area contributed by atoms with Gasteiger partial charge in [0.2, 0.25) is 5.91 Å². The topological polar surface area (TPSA) is 26.8 Å². The van der Waals surface area contributed by atoms with Crippen LogP contribution < -0.4 is 0 Å². The van der Waals surface area contributed by atoms with Crippen LogP contribution in [0, 0.1) is 5.82 Å². The maximum absolute atomic E-state index is 13.7. The Bertz CT molecular complexity index is 1010. The van der Waals surface area contributed by atoms with Gasteiger partial charge in [-0.25, -0.2) is 4.39 Å². The summed E-state index contributed by atoms with van der Waals surface area (Å²) < 4.78 is 13.4. The molecule has 4 nitrogen and oxygen atoms in total. The van der Waals surface area contributed by atoms with Crippen molar-refractivity contribution < 1.29 is 9.18 Å². The van der Waals surface area contributed by atoms with Crippen molar-refractivity contribution >= 4 is 29.1 Å². The first kappa shape index (κ1) is 24.1. The van der Waals surface area contributed by atoms with E-state index in [9.17, 15) is 9.18 Å². The summed E-state index contributed by atoms with van der Waals surface area (Å²) in [5.41, 5.74) is 2.03. The molecule has 3 aliphatic rings. The number of amides is 1. The summed E-state index contributed by atoms with van der Waals surface area (Å²) in [4.78, 5) is 21.0. The Morgan fingerprint density at radius 2 is 1.56 bits per heavy atom. The summed E-state index contributed by atoms with van der Waals surface area (Å²) in [6, 6.07) is 13.2. The Kier molecular flexibility index (Phi) is 7.45. The highest BCUT2D eigenvalue weighted by molar-refractivity contribution is 6.42. The highest BCUT2D eigenvalue weighted by Crippen LogP contribution is 2.36. The van der Waals surface area contributed by atoms with Gasteiger partial charge in [0.25, 0.3) is 0 Å². The van der Waals surface area contributed by atoms with Gasteiger partial charge in [-0.05, 0) is 74.2 Å². The minimum absolute atomic E-state index is 0.168. The smallest absolute Gasteiger partial charge is 0.227 e. The fourth-order valence-corrected chi connectivity index (χ4v) is 6.53. The molecule has 7 heteroatoms. The number of fused-ring (bicyclic) bond motifs is 1. The van der Waals surface area contributed by atoms with Crippen LogP contribution in [0.15, 0.2) is 42.5 Å². The first-order chi connectivity index (χ1) is 16.5. The molecule has 2 aromatic rings. The SMILES string of the molecule is O=C(Cc1ccc(Cl)c(Cl)c1)N1CCN(Cc2ccc(F)cc2)[C@H]2CCC[C@H](N3CCCC3)[C@H]21. The molecule has 1 aliphatic carbocycles. The second-order valence-electron chi connectivity index (χ2n) is 9.91. The van der Waals surface area contributed by atoms with Gasteiger partial charge in [0.15, 0.2) is 0 Å². The summed E-state index contributed by atoms with van der Waals surface area (Å²) in [6.45, 7) is 4.59. The quantitative estimate of drug-likeness (QED) is 0.545. The van der Waals surface area contributed by atoms with Crippen LogP contribution >= 0.6 is 23.2 Å². The van der Waals surface area contributed by atoms with E-state index in [1.807, 2.05) is 24.3 Å². The molecule has 2 saturated heterocycles. The first-order valence-corrected chi connectivity index (χ1v) is 13.2. The van der Waals surface area contributed by atoms with Crippen molar-refractivity contribution in [1.29, 1.82) is 0 Å². The summed E-state index contributed by atoms with van der Waals surface area (Å²) in [5.74, 6) is -0.0352. The zero-order chi connectivity index (χ0) is 23.7. The number of nitrogens with zero attached hydrogens (tertiary/aromatic N) is 3. The minimum atomic E-state index is -0.203. The second kappa shape index (κ2) is 10.5. The summed E-state index contributed by atoms with van der Waals surface area (Å²) in [7, 11) is 0. The molecule has 3 atom stereocenters. The number of hydrogen-bond donors (Lipinski definition) is 0. The monoisotopic (exact) mass is 503 g/mol. The van der Waals surface area contributed by atoms with Crippen LogP contribution in [0.2, 0.25) is 10.0 Å². The number of carbonyl (C=O) groups is 1. The van der Waals surface area contributed by atoms with E-state index < -0.39 is 0 Å². The van der Waals surface area contributed by atoms with Crippen LogP contribution in [0.3, 0.4) is 0 Å². The molecule has 2 aromatic carbocycles. The van der Waals surface area contributed by atoms with Crippen LogP contribution in [0.1, 0.15) is 43.2 Å². The molecule has 0 bridgehead atoms. The molecule has 182 valence electrons. The average molecular weight is 504 g/mol. The number of piperazine rings is 1. The Hall–Kier alpha value is -1.66. The van der Waals surface area contributed by atoms with Crippen molar-refractivity contribution in [2.45, 2.75) is 63.2 Å². The van der Waals surface area contributed by atoms with Crippen LogP contribution in [-0.2, 0) is 17.8 Å². The number of carbonyl (C=O) groups excluding carboxylic acids is 1. The van der Waals surface area contributed by atoms with E-state index in [1.165, 1.54) is 31.4 Å². The van der Waals surface area contributed by atoms with Crippen molar-refractivity contribution in [3.05, 3.63) is 69.5 Å². The van der Waals surface area contributed by atoms with Gasteiger partial charge >= 0.3 is 0 Å². The third-order valence-electron chi connectivity index (χ3n) is 7.81. The molecule has 0 unspecified atom stereocenters. The van der Waals surface area contributed by atoms with Gasteiger partial charge in [-0.1, -0.05) is 47.8 Å². The van der Waals surface area contributed by atoms with Gasteiger partial charge < -0.3 is 4.90 Å². The zero-order valence-corrected chi connectivity index (χ0v) is 20.9. The third-order valence-corrected chi connectivity index (χ3v) is 8.55. The molecule has 0 spiro atoms. The lowest BCUT2D eigenvalue weighted by atomic mass is 9.81. The van der Waals surface area contributed by atoms with E-state index in [2.05, 4.69) is 14.7 Å². The summed E-state index contributed by atoms with van der Waals surface area (Å²) in [6.07, 6.45) is 6.23. The molecular formula is C27H32Cl2FN3O. The highest BCUT2D eigenvalue weighted by atomic mass is 35.5. The molecule has 3 fully saturated rings. The molecular weight excluding hydrogens is 472 g/mol. The fourth-order valence-electron chi connectivity index (χ4n) is 6.21. The van der Waals surface area contributed by atoms with Gasteiger partial charge in [-0.2, -0.15) is 0 Å². The Morgan fingerprint density at radius 3 is 2.29 bits per heavy atom. The van der Waals surface area contributed by atoms with E-state index in [4.69, 9.17) is 23.2 Å². The molecule has 2 heterocycles. The highest BCUT2D eigenvalue weighted by Gasteiger charge is 2.46. The molecule has 2 aliphatic heterocycles.